The average Bonchev–Trinajstić information content (AvgIpc) is 2.85. The lowest BCUT2D eigenvalue weighted by molar-refractivity contribution is -0.0989. The van der Waals surface area contributed by atoms with E-state index < -0.39 is 42.1 Å². The maximum absolute atomic E-state index is 12.4. The van der Waals surface area contributed by atoms with Gasteiger partial charge in [-0.05, 0) is 44.7 Å². The van der Waals surface area contributed by atoms with Crippen LogP contribution in [0.1, 0.15) is 31.9 Å². The van der Waals surface area contributed by atoms with Gasteiger partial charge in [-0.15, -0.1) is 0 Å². The van der Waals surface area contributed by atoms with Gasteiger partial charge in [-0.3, -0.25) is 0 Å². The Morgan fingerprint density at radius 1 is 0.846 bits per heavy atom. The molecule has 214 valence electrons. The van der Waals surface area contributed by atoms with Gasteiger partial charge in [0.15, 0.2) is 6.10 Å². The fourth-order valence-corrected chi connectivity index (χ4v) is 4.04. The number of hydrogen-bond donors (Lipinski definition) is 5. The van der Waals surface area contributed by atoms with Gasteiger partial charge in [0.1, 0.15) is 5.60 Å². The van der Waals surface area contributed by atoms with Gasteiger partial charge in [0.2, 0.25) is 0 Å². The number of aliphatic hydroxyl groups is 2. The van der Waals surface area contributed by atoms with Gasteiger partial charge in [0.25, 0.3) is 0 Å². The van der Waals surface area contributed by atoms with Crippen LogP contribution < -0.4 is 16.0 Å². The summed E-state index contributed by atoms with van der Waals surface area (Å²) in [6, 6.07) is 17.8. The first kappa shape index (κ1) is 30.4. The van der Waals surface area contributed by atoms with E-state index in [4.69, 9.17) is 14.2 Å². The summed E-state index contributed by atoms with van der Waals surface area (Å²) in [6.07, 6.45) is -2.70. The Morgan fingerprint density at radius 3 is 1.72 bits per heavy atom. The lowest BCUT2D eigenvalue weighted by atomic mass is 10.00. The van der Waals surface area contributed by atoms with Crippen LogP contribution in [-0.4, -0.2) is 84.7 Å². The van der Waals surface area contributed by atoms with Crippen LogP contribution in [0.5, 0.6) is 0 Å². The molecule has 2 aromatic carbocycles. The van der Waals surface area contributed by atoms with E-state index in [1.165, 1.54) is 0 Å². The number of amides is 2. The summed E-state index contributed by atoms with van der Waals surface area (Å²) in [6.45, 7) is 6.22. The van der Waals surface area contributed by atoms with Crippen molar-refractivity contribution in [3.05, 3.63) is 71.8 Å². The van der Waals surface area contributed by atoms with Gasteiger partial charge < -0.3 is 40.4 Å². The standard InChI is InChI=1S/C29H41N3O7/c1-29(2,3)39-28(36)32-24(15-21-12-8-5-9-13-21)26(34)17-30-16-25(33)23(14-20-10-6-4-7-11-20)31-27(35)38-22-18-37-19-22/h4-13,22-26,30,33-34H,14-19H2,1-3H3,(H,31,35)(H,32,36)/t23-,24-,25+,26+/m0/s1. The zero-order valence-corrected chi connectivity index (χ0v) is 22.8. The summed E-state index contributed by atoms with van der Waals surface area (Å²) in [5.74, 6) is 0. The molecule has 0 bridgehead atoms. The largest absolute Gasteiger partial charge is 0.444 e. The molecule has 1 fully saturated rings. The highest BCUT2D eigenvalue weighted by atomic mass is 16.6. The van der Waals surface area contributed by atoms with E-state index in [-0.39, 0.29) is 19.2 Å². The molecule has 0 unspecified atom stereocenters. The molecular formula is C29H41N3O7. The number of rotatable bonds is 13. The van der Waals surface area contributed by atoms with Crippen molar-refractivity contribution < 1.29 is 34.0 Å². The molecule has 2 amide bonds. The van der Waals surface area contributed by atoms with Crippen molar-refractivity contribution >= 4 is 12.2 Å². The van der Waals surface area contributed by atoms with Crippen molar-refractivity contribution in [1.82, 2.24) is 16.0 Å². The van der Waals surface area contributed by atoms with Crippen molar-refractivity contribution in [1.29, 1.82) is 0 Å². The van der Waals surface area contributed by atoms with Crippen molar-refractivity contribution in [2.75, 3.05) is 26.3 Å². The van der Waals surface area contributed by atoms with Crippen LogP contribution >= 0.6 is 0 Å². The minimum atomic E-state index is -0.978. The van der Waals surface area contributed by atoms with Crippen LogP contribution in [0.25, 0.3) is 0 Å². The molecule has 1 saturated heterocycles. The molecule has 39 heavy (non-hydrogen) atoms. The van der Waals surface area contributed by atoms with E-state index in [9.17, 15) is 19.8 Å². The SMILES string of the molecule is CC(C)(C)OC(=O)N[C@@H](Cc1ccccc1)[C@H](O)CNC[C@@H](O)[C@H](Cc1ccccc1)NC(=O)OC1COC1. The molecule has 3 rings (SSSR count). The number of alkyl carbamates (subject to hydrolysis) is 2. The highest BCUT2D eigenvalue weighted by Crippen LogP contribution is 2.12. The average molecular weight is 544 g/mol. The molecule has 0 saturated carbocycles. The molecule has 0 spiro atoms. The van der Waals surface area contributed by atoms with E-state index in [1.54, 1.807) is 20.8 Å². The predicted molar refractivity (Wildman–Crippen MR) is 146 cm³/mol. The van der Waals surface area contributed by atoms with Crippen LogP contribution in [0, 0.1) is 0 Å². The van der Waals surface area contributed by atoms with Crippen LogP contribution in [0.15, 0.2) is 60.7 Å². The molecule has 5 N–H and O–H groups in total. The van der Waals surface area contributed by atoms with Crippen molar-refractivity contribution in [3.63, 3.8) is 0 Å². The molecule has 1 aliphatic rings. The number of benzene rings is 2. The van der Waals surface area contributed by atoms with Gasteiger partial charge >= 0.3 is 12.2 Å². The maximum Gasteiger partial charge on any atom is 0.407 e. The molecule has 0 aliphatic carbocycles. The molecule has 10 heteroatoms. The predicted octanol–water partition coefficient (Wildman–Crippen LogP) is 2.17. The van der Waals surface area contributed by atoms with Crippen LogP contribution in [0.2, 0.25) is 0 Å². The third-order valence-electron chi connectivity index (χ3n) is 6.12. The summed E-state index contributed by atoms with van der Waals surface area (Å²) >= 11 is 0. The van der Waals surface area contributed by atoms with E-state index in [2.05, 4.69) is 16.0 Å². The first-order valence-corrected chi connectivity index (χ1v) is 13.3. The number of nitrogens with one attached hydrogen (secondary N) is 3. The van der Waals surface area contributed by atoms with E-state index in [0.29, 0.717) is 26.1 Å². The second-order valence-corrected chi connectivity index (χ2v) is 10.7. The van der Waals surface area contributed by atoms with Crippen molar-refractivity contribution in [3.8, 4) is 0 Å². The van der Waals surface area contributed by atoms with Crippen LogP contribution in [0.4, 0.5) is 9.59 Å². The monoisotopic (exact) mass is 543 g/mol. The van der Waals surface area contributed by atoms with Crippen molar-refractivity contribution in [2.45, 2.75) is 69.6 Å². The topological polar surface area (TPSA) is 138 Å². The Bertz CT molecular complexity index is 1010. The Labute approximate surface area is 230 Å². The minimum Gasteiger partial charge on any atom is -0.444 e. The van der Waals surface area contributed by atoms with E-state index in [0.717, 1.165) is 11.1 Å². The fraction of sp³-hybridized carbons (Fsp3) is 0.517. The Balaban J connectivity index is 1.58. The Morgan fingerprint density at radius 2 is 1.31 bits per heavy atom. The Kier molecular flexibility index (Phi) is 11.5. The quantitative estimate of drug-likeness (QED) is 0.259. The lowest BCUT2D eigenvalue weighted by Crippen LogP contribution is -2.53. The first-order valence-electron chi connectivity index (χ1n) is 13.3. The number of carbonyl (C=O) groups excluding carboxylic acids is 2. The summed E-state index contributed by atoms with van der Waals surface area (Å²) < 4.78 is 15.7. The lowest BCUT2D eigenvalue weighted by Gasteiger charge is -2.29. The smallest absolute Gasteiger partial charge is 0.407 e. The zero-order chi connectivity index (χ0) is 28.3. The summed E-state index contributed by atoms with van der Waals surface area (Å²) in [5.41, 5.74) is 1.21. The summed E-state index contributed by atoms with van der Waals surface area (Å²) in [7, 11) is 0. The van der Waals surface area contributed by atoms with Gasteiger partial charge in [0, 0.05) is 13.1 Å². The second kappa shape index (κ2) is 14.8. The van der Waals surface area contributed by atoms with E-state index in [1.807, 2.05) is 60.7 Å². The molecular weight excluding hydrogens is 502 g/mol. The zero-order valence-electron chi connectivity index (χ0n) is 22.8. The highest BCUT2D eigenvalue weighted by molar-refractivity contribution is 5.68. The molecule has 0 radical (unpaired) electrons. The minimum absolute atomic E-state index is 0.0892. The fourth-order valence-electron chi connectivity index (χ4n) is 4.04. The number of hydrogen-bond acceptors (Lipinski definition) is 8. The van der Waals surface area contributed by atoms with E-state index >= 15 is 0 Å². The number of aliphatic hydroxyl groups excluding tert-OH is 2. The second-order valence-electron chi connectivity index (χ2n) is 10.7. The Hall–Kier alpha value is -3.18. The molecule has 10 nitrogen and oxygen atoms in total. The molecule has 4 atom stereocenters. The highest BCUT2D eigenvalue weighted by Gasteiger charge is 2.28. The van der Waals surface area contributed by atoms with Gasteiger partial charge in [-0.1, -0.05) is 60.7 Å². The normalized spacial score (nSPS) is 16.7. The molecule has 1 heterocycles. The number of ether oxygens (including phenoxy) is 3. The van der Waals surface area contributed by atoms with Crippen LogP contribution in [-0.2, 0) is 27.1 Å². The van der Waals surface area contributed by atoms with Gasteiger partial charge in [-0.25, -0.2) is 9.59 Å². The van der Waals surface area contributed by atoms with Crippen LogP contribution in [0.3, 0.4) is 0 Å². The van der Waals surface area contributed by atoms with Crippen molar-refractivity contribution in [2.24, 2.45) is 0 Å². The molecule has 0 aromatic heterocycles. The third-order valence-corrected chi connectivity index (χ3v) is 6.12. The van der Waals surface area contributed by atoms with Gasteiger partial charge in [0.05, 0.1) is 37.5 Å². The molecule has 2 aromatic rings. The van der Waals surface area contributed by atoms with Gasteiger partial charge in [-0.2, -0.15) is 0 Å². The first-order chi connectivity index (χ1) is 18.6. The summed E-state index contributed by atoms with van der Waals surface area (Å²) in [4.78, 5) is 24.8. The summed E-state index contributed by atoms with van der Waals surface area (Å²) in [5, 5.41) is 30.5. The third kappa shape index (κ3) is 11.2. The maximum atomic E-state index is 12.4. The number of carbonyl (C=O) groups is 2. The molecule has 1 aliphatic heterocycles.